The van der Waals surface area contributed by atoms with Gasteiger partial charge in [-0.3, -0.25) is 0 Å². The van der Waals surface area contributed by atoms with E-state index in [9.17, 15) is 0 Å². The van der Waals surface area contributed by atoms with Crippen LogP contribution < -0.4 is 0 Å². The van der Waals surface area contributed by atoms with Crippen LogP contribution in [0.4, 0.5) is 0 Å². The van der Waals surface area contributed by atoms with Gasteiger partial charge >= 0.3 is 0 Å². The molecule has 0 fully saturated rings. The second kappa shape index (κ2) is 4.25. The summed E-state index contributed by atoms with van der Waals surface area (Å²) in [5, 5.41) is 9.05. The molecule has 1 aromatic rings. The Hall–Kier alpha value is -1.33. The summed E-state index contributed by atoms with van der Waals surface area (Å²) >= 11 is 0. The maximum atomic E-state index is 9.05. The lowest BCUT2D eigenvalue weighted by Gasteiger charge is -2.10. The molecule has 1 nitrogen and oxygen atoms in total. The summed E-state index contributed by atoms with van der Waals surface area (Å²) in [6.07, 6.45) is 0. The summed E-state index contributed by atoms with van der Waals surface area (Å²) in [6, 6.07) is 12.1. The molecule has 0 aliphatic heterocycles. The molecular formula is C12H15NSi. The Balaban J connectivity index is 3.08. The SMILES string of the molecule is C[Si](C)(C)/C=C(\C#N)c1ccccc1. The fourth-order valence-electron chi connectivity index (χ4n) is 1.23. The van der Waals surface area contributed by atoms with E-state index in [2.05, 4.69) is 31.4 Å². The molecule has 72 valence electrons. The molecule has 0 N–H and O–H groups in total. The van der Waals surface area contributed by atoms with Gasteiger partial charge in [-0.25, -0.2) is 0 Å². The normalized spacial score (nSPS) is 12.3. The maximum Gasteiger partial charge on any atom is 0.0990 e. The molecule has 0 aliphatic rings. The van der Waals surface area contributed by atoms with Gasteiger partial charge in [0.25, 0.3) is 0 Å². The molecule has 0 spiro atoms. The fourth-order valence-corrected chi connectivity index (χ4v) is 2.33. The van der Waals surface area contributed by atoms with Gasteiger partial charge in [-0.05, 0) is 5.56 Å². The van der Waals surface area contributed by atoms with Crippen molar-refractivity contribution in [3.63, 3.8) is 0 Å². The van der Waals surface area contributed by atoms with E-state index in [1.54, 1.807) is 0 Å². The summed E-state index contributed by atoms with van der Waals surface area (Å²) in [6.45, 7) is 6.69. The third kappa shape index (κ3) is 3.19. The largest absolute Gasteiger partial charge is 0.192 e. The Morgan fingerprint density at radius 1 is 1.21 bits per heavy atom. The van der Waals surface area contributed by atoms with E-state index < -0.39 is 8.07 Å². The Morgan fingerprint density at radius 2 is 1.79 bits per heavy atom. The molecule has 14 heavy (non-hydrogen) atoms. The highest BCUT2D eigenvalue weighted by Crippen LogP contribution is 2.16. The topological polar surface area (TPSA) is 23.8 Å². The quantitative estimate of drug-likeness (QED) is 0.531. The maximum absolute atomic E-state index is 9.05. The fraction of sp³-hybridized carbons (Fsp3) is 0.250. The standard InChI is InChI=1S/C12H15NSi/c1-14(2,3)10-12(9-13)11-7-5-4-6-8-11/h4-8,10H,1-3H3/b12-10+. The minimum absolute atomic E-state index is 0.810. The van der Waals surface area contributed by atoms with Gasteiger partial charge in [0, 0.05) is 0 Å². The van der Waals surface area contributed by atoms with E-state index in [1.807, 2.05) is 30.3 Å². The first-order valence-electron chi connectivity index (χ1n) is 4.71. The lowest BCUT2D eigenvalue weighted by Crippen LogP contribution is -2.16. The molecule has 0 amide bonds. The van der Waals surface area contributed by atoms with Gasteiger partial charge in [-0.15, -0.1) is 0 Å². The van der Waals surface area contributed by atoms with Crippen LogP contribution in [0.1, 0.15) is 5.56 Å². The highest BCUT2D eigenvalue weighted by atomic mass is 28.3. The smallest absolute Gasteiger partial charge is 0.0990 e. The Bertz CT molecular complexity index is 366. The predicted molar refractivity (Wildman–Crippen MR) is 63.4 cm³/mol. The minimum Gasteiger partial charge on any atom is -0.192 e. The molecule has 0 heterocycles. The molecule has 0 aliphatic carbocycles. The summed E-state index contributed by atoms with van der Waals surface area (Å²) < 4.78 is 0. The summed E-state index contributed by atoms with van der Waals surface area (Å²) in [7, 11) is -1.31. The average Bonchev–Trinajstić information content (AvgIpc) is 2.14. The molecule has 0 radical (unpaired) electrons. The average molecular weight is 201 g/mol. The third-order valence-corrected chi connectivity index (χ3v) is 2.94. The lowest BCUT2D eigenvalue weighted by molar-refractivity contribution is 1.52. The molecule has 0 saturated carbocycles. The molecule has 0 unspecified atom stereocenters. The molecule has 0 aromatic heterocycles. The number of rotatable bonds is 2. The van der Waals surface area contributed by atoms with Crippen LogP contribution in [-0.2, 0) is 0 Å². The second-order valence-corrected chi connectivity index (χ2v) is 9.42. The highest BCUT2D eigenvalue weighted by molar-refractivity contribution is 6.81. The molecule has 1 aromatic carbocycles. The van der Waals surface area contributed by atoms with E-state index in [1.165, 1.54) is 0 Å². The monoisotopic (exact) mass is 201 g/mol. The van der Waals surface area contributed by atoms with Gasteiger partial charge < -0.3 is 0 Å². The van der Waals surface area contributed by atoms with E-state index in [0.717, 1.165) is 11.1 Å². The van der Waals surface area contributed by atoms with Crippen molar-refractivity contribution in [2.75, 3.05) is 0 Å². The van der Waals surface area contributed by atoms with Crippen molar-refractivity contribution in [2.45, 2.75) is 19.6 Å². The van der Waals surface area contributed by atoms with Crippen LogP contribution in [-0.4, -0.2) is 8.07 Å². The van der Waals surface area contributed by atoms with Crippen LogP contribution in [0, 0.1) is 11.3 Å². The Kier molecular flexibility index (Phi) is 3.26. The third-order valence-electron chi connectivity index (χ3n) is 1.78. The lowest BCUT2D eigenvalue weighted by atomic mass is 10.1. The molecule has 0 saturated heterocycles. The van der Waals surface area contributed by atoms with Gasteiger partial charge in [-0.2, -0.15) is 5.26 Å². The van der Waals surface area contributed by atoms with E-state index in [0.29, 0.717) is 0 Å². The molecule has 0 atom stereocenters. The van der Waals surface area contributed by atoms with Crippen molar-refractivity contribution in [2.24, 2.45) is 0 Å². The summed E-state index contributed by atoms with van der Waals surface area (Å²) in [5.74, 6) is 0. The van der Waals surface area contributed by atoms with Crippen molar-refractivity contribution in [3.05, 3.63) is 41.6 Å². The van der Waals surface area contributed by atoms with Gasteiger partial charge in [0.2, 0.25) is 0 Å². The van der Waals surface area contributed by atoms with Crippen LogP contribution >= 0.6 is 0 Å². The van der Waals surface area contributed by atoms with Gasteiger partial charge in [0.1, 0.15) is 0 Å². The Morgan fingerprint density at radius 3 is 2.21 bits per heavy atom. The highest BCUT2D eigenvalue weighted by Gasteiger charge is 2.11. The number of hydrogen-bond donors (Lipinski definition) is 0. The van der Waals surface area contributed by atoms with Crippen LogP contribution in [0.15, 0.2) is 36.0 Å². The van der Waals surface area contributed by atoms with Crippen molar-refractivity contribution >= 4 is 13.6 Å². The van der Waals surface area contributed by atoms with Gasteiger partial charge in [0.05, 0.1) is 19.7 Å². The molecule has 1 rings (SSSR count). The van der Waals surface area contributed by atoms with Crippen molar-refractivity contribution in [1.29, 1.82) is 5.26 Å². The summed E-state index contributed by atoms with van der Waals surface area (Å²) in [5.41, 5.74) is 3.98. The first-order chi connectivity index (χ1) is 6.53. The van der Waals surface area contributed by atoms with Gasteiger partial charge in [0.15, 0.2) is 0 Å². The number of hydrogen-bond acceptors (Lipinski definition) is 1. The Labute approximate surface area is 86.7 Å². The van der Waals surface area contributed by atoms with Crippen LogP contribution in [0.5, 0.6) is 0 Å². The zero-order chi connectivity index (χ0) is 10.6. The van der Waals surface area contributed by atoms with Crippen molar-refractivity contribution in [3.8, 4) is 6.07 Å². The van der Waals surface area contributed by atoms with Crippen molar-refractivity contribution < 1.29 is 0 Å². The first-order valence-corrected chi connectivity index (χ1v) is 8.29. The zero-order valence-corrected chi connectivity index (χ0v) is 9.91. The first kappa shape index (κ1) is 10.7. The van der Waals surface area contributed by atoms with Gasteiger partial charge in [-0.1, -0.05) is 55.7 Å². The number of nitrogens with zero attached hydrogens (tertiary/aromatic N) is 1. The molecule has 2 heteroatoms. The van der Waals surface area contributed by atoms with Crippen LogP contribution in [0.25, 0.3) is 5.57 Å². The number of allylic oxidation sites excluding steroid dienone is 1. The van der Waals surface area contributed by atoms with E-state index >= 15 is 0 Å². The number of benzene rings is 1. The molecular weight excluding hydrogens is 186 g/mol. The second-order valence-electron chi connectivity index (χ2n) is 4.40. The minimum atomic E-state index is -1.31. The predicted octanol–water partition coefficient (Wildman–Crippen LogP) is 3.47. The van der Waals surface area contributed by atoms with Crippen LogP contribution in [0.3, 0.4) is 0 Å². The van der Waals surface area contributed by atoms with Crippen molar-refractivity contribution in [1.82, 2.24) is 0 Å². The number of nitriles is 1. The molecule has 0 bridgehead atoms. The zero-order valence-electron chi connectivity index (χ0n) is 8.91. The summed E-state index contributed by atoms with van der Waals surface area (Å²) in [4.78, 5) is 0. The van der Waals surface area contributed by atoms with E-state index in [4.69, 9.17) is 5.26 Å². The van der Waals surface area contributed by atoms with E-state index in [-0.39, 0.29) is 0 Å². The van der Waals surface area contributed by atoms with Crippen LogP contribution in [0.2, 0.25) is 19.6 Å².